The predicted octanol–water partition coefficient (Wildman–Crippen LogP) is 5.07. The molecule has 1 aromatic carbocycles. The van der Waals surface area contributed by atoms with Crippen molar-refractivity contribution in [3.8, 4) is 5.69 Å². The number of benzene rings is 1. The van der Waals surface area contributed by atoms with Crippen LogP contribution in [0.1, 0.15) is 82.3 Å². The first kappa shape index (κ1) is 18.1. The monoisotopic (exact) mass is 340 g/mol. The van der Waals surface area contributed by atoms with E-state index < -0.39 is 0 Å². The van der Waals surface area contributed by atoms with E-state index in [1.165, 1.54) is 61.2 Å². The largest absolute Gasteiger partial charge is 0.290 e. The molecule has 0 radical (unpaired) electrons. The van der Waals surface area contributed by atoms with Gasteiger partial charge >= 0.3 is 0 Å². The van der Waals surface area contributed by atoms with E-state index in [9.17, 15) is 0 Å². The number of hydrogen-bond donors (Lipinski definition) is 0. The van der Waals surface area contributed by atoms with Gasteiger partial charge in [0.1, 0.15) is 0 Å². The number of aromatic nitrogens is 3. The van der Waals surface area contributed by atoms with Crippen LogP contribution in [0.25, 0.3) is 5.69 Å². The molecule has 4 heteroatoms. The first-order valence-corrected chi connectivity index (χ1v) is 10.1. The summed E-state index contributed by atoms with van der Waals surface area (Å²) in [5.41, 5.74) is 5.13. The van der Waals surface area contributed by atoms with Crippen molar-refractivity contribution >= 4 is 0 Å². The summed E-state index contributed by atoms with van der Waals surface area (Å²) in [5.74, 6) is 0. The van der Waals surface area contributed by atoms with Crippen molar-refractivity contribution < 1.29 is 0 Å². The number of fused-ring (bicyclic) bond motifs is 3. The second-order valence-electron chi connectivity index (χ2n) is 7.19. The molecular weight excluding hydrogens is 308 g/mol. The molecule has 136 valence electrons. The lowest BCUT2D eigenvalue weighted by atomic mass is 10.0. The molecule has 0 N–H and O–H groups in total. The average molecular weight is 341 g/mol. The second-order valence-corrected chi connectivity index (χ2v) is 7.19. The maximum Gasteiger partial charge on any atom is 0.0880 e. The van der Waals surface area contributed by atoms with Gasteiger partial charge < -0.3 is 0 Å². The van der Waals surface area contributed by atoms with Crippen molar-refractivity contribution in [3.05, 3.63) is 41.2 Å². The minimum absolute atomic E-state index is 0.422. The third kappa shape index (κ3) is 3.79. The molecule has 1 atom stereocenters. The van der Waals surface area contributed by atoms with E-state index in [1.807, 2.05) is 0 Å². The van der Waals surface area contributed by atoms with Crippen LogP contribution in [0.2, 0.25) is 0 Å². The highest BCUT2D eigenvalue weighted by Gasteiger charge is 2.31. The second kappa shape index (κ2) is 8.61. The van der Waals surface area contributed by atoms with Crippen LogP contribution >= 0.6 is 0 Å². The molecule has 0 bridgehead atoms. The molecule has 2 heterocycles. The predicted molar refractivity (Wildman–Crippen MR) is 103 cm³/mol. The number of hydrogen-bond acceptors (Lipinski definition) is 3. The standard InChI is InChI=1S/C21H32N4/c1-4-7-13-18-21-20(11-6-3)24(15-8-5-2)16-17-12-9-10-14-19(17)25(21)23-22-18/h9-10,12,14,20H,4-8,11,13,15-16H2,1-3H3. The van der Waals surface area contributed by atoms with Crippen molar-refractivity contribution in [1.29, 1.82) is 0 Å². The SMILES string of the molecule is CCCCc1nnn2c1C(CCC)N(CCCC)Cc1ccccc1-2. The highest BCUT2D eigenvalue weighted by molar-refractivity contribution is 5.44. The van der Waals surface area contributed by atoms with Gasteiger partial charge in [-0.2, -0.15) is 0 Å². The fourth-order valence-corrected chi connectivity index (χ4v) is 3.90. The Morgan fingerprint density at radius 2 is 1.84 bits per heavy atom. The highest BCUT2D eigenvalue weighted by Crippen LogP contribution is 2.35. The summed E-state index contributed by atoms with van der Waals surface area (Å²) in [6.07, 6.45) is 8.25. The lowest BCUT2D eigenvalue weighted by molar-refractivity contribution is 0.173. The minimum Gasteiger partial charge on any atom is -0.290 e. The summed E-state index contributed by atoms with van der Waals surface area (Å²) in [5, 5.41) is 9.21. The summed E-state index contributed by atoms with van der Waals surface area (Å²) in [7, 11) is 0. The summed E-state index contributed by atoms with van der Waals surface area (Å²) in [6, 6.07) is 9.13. The van der Waals surface area contributed by atoms with Crippen LogP contribution in [0, 0.1) is 0 Å². The zero-order valence-electron chi connectivity index (χ0n) is 16.0. The van der Waals surface area contributed by atoms with Gasteiger partial charge in [0.05, 0.1) is 23.1 Å². The van der Waals surface area contributed by atoms with E-state index in [-0.39, 0.29) is 0 Å². The molecular formula is C21H32N4. The van der Waals surface area contributed by atoms with Gasteiger partial charge in [-0.3, -0.25) is 4.90 Å². The van der Waals surface area contributed by atoms with Crippen LogP contribution in [-0.2, 0) is 13.0 Å². The van der Waals surface area contributed by atoms with E-state index >= 15 is 0 Å². The molecule has 0 aliphatic carbocycles. The Labute approximate surface area is 152 Å². The molecule has 4 nitrogen and oxygen atoms in total. The van der Waals surface area contributed by atoms with Gasteiger partial charge in [0.25, 0.3) is 0 Å². The molecule has 0 saturated carbocycles. The Kier molecular flexibility index (Phi) is 6.24. The zero-order valence-corrected chi connectivity index (χ0v) is 16.0. The van der Waals surface area contributed by atoms with Crippen LogP contribution in [0.5, 0.6) is 0 Å². The average Bonchev–Trinajstić information content (AvgIpc) is 3.00. The van der Waals surface area contributed by atoms with Gasteiger partial charge in [-0.1, -0.05) is 63.4 Å². The summed E-state index contributed by atoms with van der Waals surface area (Å²) < 4.78 is 2.15. The Hall–Kier alpha value is -1.68. The Balaban J connectivity index is 2.08. The van der Waals surface area contributed by atoms with Gasteiger partial charge in [0, 0.05) is 6.54 Å². The third-order valence-corrected chi connectivity index (χ3v) is 5.26. The molecule has 25 heavy (non-hydrogen) atoms. The Bertz CT molecular complexity index is 676. The first-order valence-electron chi connectivity index (χ1n) is 10.1. The molecule has 1 aliphatic heterocycles. The third-order valence-electron chi connectivity index (χ3n) is 5.26. The van der Waals surface area contributed by atoms with Crippen molar-refractivity contribution in [2.24, 2.45) is 0 Å². The van der Waals surface area contributed by atoms with E-state index in [2.05, 4.69) is 64.9 Å². The summed E-state index contributed by atoms with van der Waals surface area (Å²) >= 11 is 0. The van der Waals surface area contributed by atoms with Gasteiger partial charge in [0.15, 0.2) is 0 Å². The molecule has 0 spiro atoms. The van der Waals surface area contributed by atoms with Gasteiger partial charge in [-0.05, 0) is 43.9 Å². The van der Waals surface area contributed by atoms with Gasteiger partial charge in [-0.25, -0.2) is 4.68 Å². The van der Waals surface area contributed by atoms with Crippen LogP contribution in [0.3, 0.4) is 0 Å². The van der Waals surface area contributed by atoms with Gasteiger partial charge in [-0.15, -0.1) is 5.10 Å². The van der Waals surface area contributed by atoms with E-state index in [1.54, 1.807) is 0 Å². The van der Waals surface area contributed by atoms with Crippen molar-refractivity contribution in [1.82, 2.24) is 19.9 Å². The molecule has 0 amide bonds. The smallest absolute Gasteiger partial charge is 0.0880 e. The van der Waals surface area contributed by atoms with Crippen LogP contribution in [0.15, 0.2) is 24.3 Å². The van der Waals surface area contributed by atoms with Crippen molar-refractivity contribution in [2.45, 2.75) is 78.3 Å². The van der Waals surface area contributed by atoms with Crippen LogP contribution < -0.4 is 0 Å². The van der Waals surface area contributed by atoms with Crippen LogP contribution in [-0.4, -0.2) is 26.4 Å². The topological polar surface area (TPSA) is 34.0 Å². The molecule has 0 fully saturated rings. The fourth-order valence-electron chi connectivity index (χ4n) is 3.90. The maximum absolute atomic E-state index is 4.61. The van der Waals surface area contributed by atoms with E-state index in [0.29, 0.717) is 6.04 Å². The molecule has 1 unspecified atom stereocenters. The molecule has 3 rings (SSSR count). The van der Waals surface area contributed by atoms with Crippen molar-refractivity contribution in [3.63, 3.8) is 0 Å². The summed E-state index contributed by atoms with van der Waals surface area (Å²) in [6.45, 7) is 8.97. The Morgan fingerprint density at radius 3 is 2.60 bits per heavy atom. The van der Waals surface area contributed by atoms with Gasteiger partial charge in [0.2, 0.25) is 0 Å². The number of aryl methyl sites for hydroxylation is 1. The van der Waals surface area contributed by atoms with E-state index in [4.69, 9.17) is 0 Å². The zero-order chi connectivity index (χ0) is 17.6. The fraction of sp³-hybridized carbons (Fsp3) is 0.619. The number of unbranched alkanes of at least 4 members (excludes halogenated alkanes) is 2. The number of rotatable bonds is 8. The molecule has 0 saturated heterocycles. The number of para-hydroxylation sites is 1. The molecule has 2 aromatic rings. The minimum atomic E-state index is 0.422. The number of nitrogens with zero attached hydrogens (tertiary/aromatic N) is 4. The normalized spacial score (nSPS) is 17.2. The lowest BCUT2D eigenvalue weighted by Gasteiger charge is -2.30. The lowest BCUT2D eigenvalue weighted by Crippen LogP contribution is -2.29. The maximum atomic E-state index is 4.61. The quantitative estimate of drug-likeness (QED) is 0.673. The Morgan fingerprint density at radius 1 is 1.04 bits per heavy atom. The molecule has 1 aliphatic rings. The summed E-state index contributed by atoms with van der Waals surface area (Å²) in [4.78, 5) is 2.67. The first-order chi connectivity index (χ1) is 12.3. The highest BCUT2D eigenvalue weighted by atomic mass is 15.5. The van der Waals surface area contributed by atoms with E-state index in [0.717, 1.165) is 19.5 Å². The van der Waals surface area contributed by atoms with Crippen LogP contribution in [0.4, 0.5) is 0 Å². The molecule has 1 aromatic heterocycles. The van der Waals surface area contributed by atoms with Crippen molar-refractivity contribution in [2.75, 3.05) is 6.54 Å².